The second-order valence-electron chi connectivity index (χ2n) is 2.55. The molecule has 8 heteroatoms. The van der Waals surface area contributed by atoms with Gasteiger partial charge in [-0.15, -0.1) is 5.10 Å². The number of carbonyl (C=O) groups excluding carboxylic acids is 1. The van der Waals surface area contributed by atoms with Crippen LogP contribution in [0, 0.1) is 0 Å². The Bertz CT molecular complexity index is 491. The van der Waals surface area contributed by atoms with Crippen molar-refractivity contribution >= 4 is 22.3 Å². The number of hydrogen-bond acceptors (Lipinski definition) is 7. The first-order chi connectivity index (χ1) is 7.20. The van der Waals surface area contributed by atoms with E-state index in [1.807, 2.05) is 0 Å². The number of thiazole rings is 1. The normalized spacial score (nSPS) is 10.2. The summed E-state index contributed by atoms with van der Waals surface area (Å²) in [5.41, 5.74) is 5.51. The van der Waals surface area contributed by atoms with Crippen LogP contribution < -0.4 is 5.73 Å². The Morgan fingerprint density at radius 3 is 3.00 bits per heavy atom. The first kappa shape index (κ1) is 9.59. The van der Waals surface area contributed by atoms with E-state index >= 15 is 0 Å². The van der Waals surface area contributed by atoms with Gasteiger partial charge in [0.1, 0.15) is 11.3 Å². The average molecular weight is 225 g/mol. The highest BCUT2D eigenvalue weighted by Crippen LogP contribution is 2.17. The third-order valence-electron chi connectivity index (χ3n) is 1.57. The van der Waals surface area contributed by atoms with Gasteiger partial charge >= 0.3 is 5.97 Å². The molecule has 0 bridgehead atoms. The molecule has 2 heterocycles. The minimum absolute atomic E-state index is 0.00808. The molecule has 0 aliphatic heterocycles. The van der Waals surface area contributed by atoms with Gasteiger partial charge < -0.3 is 10.5 Å². The maximum absolute atomic E-state index is 11.1. The predicted octanol–water partition coefficient (Wildman–Crippen LogP) is 0.0926. The van der Waals surface area contributed by atoms with Gasteiger partial charge in [0.15, 0.2) is 0 Å². The van der Waals surface area contributed by atoms with E-state index in [1.165, 1.54) is 35.7 Å². The quantitative estimate of drug-likeness (QED) is 0.728. The van der Waals surface area contributed by atoms with E-state index in [2.05, 4.69) is 19.8 Å². The van der Waals surface area contributed by atoms with Crippen molar-refractivity contribution in [2.24, 2.45) is 0 Å². The summed E-state index contributed by atoms with van der Waals surface area (Å²) < 4.78 is 5.84. The number of aromatic nitrogens is 4. The van der Waals surface area contributed by atoms with Gasteiger partial charge in [-0.2, -0.15) is 4.68 Å². The van der Waals surface area contributed by atoms with Crippen molar-refractivity contribution in [1.82, 2.24) is 19.7 Å². The van der Waals surface area contributed by atoms with Gasteiger partial charge in [-0.3, -0.25) is 0 Å². The predicted molar refractivity (Wildman–Crippen MR) is 52.8 cm³/mol. The van der Waals surface area contributed by atoms with Crippen LogP contribution in [0.25, 0.3) is 5.13 Å². The highest BCUT2D eigenvalue weighted by Gasteiger charge is 2.13. The molecule has 15 heavy (non-hydrogen) atoms. The Morgan fingerprint density at radius 2 is 2.40 bits per heavy atom. The summed E-state index contributed by atoms with van der Waals surface area (Å²) in [7, 11) is 1.27. The van der Waals surface area contributed by atoms with Crippen molar-refractivity contribution in [1.29, 1.82) is 0 Å². The minimum Gasteiger partial charge on any atom is -0.463 e. The van der Waals surface area contributed by atoms with Crippen molar-refractivity contribution in [2.75, 3.05) is 12.8 Å². The lowest BCUT2D eigenvalue weighted by atomic mass is 10.6. The fourth-order valence-electron chi connectivity index (χ4n) is 0.923. The lowest BCUT2D eigenvalue weighted by Gasteiger charge is -1.91. The largest absolute Gasteiger partial charge is 0.463 e. The van der Waals surface area contributed by atoms with E-state index in [1.54, 1.807) is 0 Å². The molecule has 2 aromatic rings. The van der Waals surface area contributed by atoms with Crippen LogP contribution in [0.5, 0.6) is 0 Å². The van der Waals surface area contributed by atoms with Crippen LogP contribution in [0.15, 0.2) is 12.5 Å². The third-order valence-corrected chi connectivity index (χ3v) is 2.38. The molecular weight excluding hydrogens is 218 g/mol. The summed E-state index contributed by atoms with van der Waals surface area (Å²) in [4.78, 5) is 18.8. The molecule has 0 atom stereocenters. The summed E-state index contributed by atoms with van der Waals surface area (Å²) in [5.74, 6) is -0.593. The molecule has 0 amide bonds. The van der Waals surface area contributed by atoms with Crippen LogP contribution in [0.1, 0.15) is 10.6 Å². The van der Waals surface area contributed by atoms with Crippen molar-refractivity contribution in [3.63, 3.8) is 0 Å². The van der Waals surface area contributed by atoms with Gasteiger partial charge in [-0.05, 0) is 0 Å². The Hall–Kier alpha value is -1.96. The van der Waals surface area contributed by atoms with Crippen molar-refractivity contribution in [3.05, 3.63) is 18.3 Å². The number of hydrogen-bond donors (Lipinski definition) is 1. The van der Waals surface area contributed by atoms with Crippen LogP contribution in [-0.4, -0.2) is 32.8 Å². The lowest BCUT2D eigenvalue weighted by Crippen LogP contribution is -2.04. The Balaban J connectivity index is 2.31. The second-order valence-corrected chi connectivity index (χ2v) is 3.59. The number of esters is 1. The third kappa shape index (κ3) is 1.79. The molecule has 0 saturated carbocycles. The molecule has 2 rings (SSSR count). The number of carbonyl (C=O) groups is 1. The molecule has 0 aromatic carbocycles. The molecular formula is C7H7N5O2S. The van der Waals surface area contributed by atoms with Gasteiger partial charge in [-0.1, -0.05) is 11.3 Å². The Morgan fingerprint density at radius 1 is 1.60 bits per heavy atom. The molecule has 0 aliphatic rings. The molecule has 7 nitrogen and oxygen atoms in total. The molecule has 0 fully saturated rings. The van der Waals surface area contributed by atoms with Crippen LogP contribution in [0.4, 0.5) is 5.00 Å². The molecule has 0 aliphatic carbocycles. The maximum Gasteiger partial charge on any atom is 0.377 e. The fourth-order valence-corrected chi connectivity index (χ4v) is 1.53. The summed E-state index contributed by atoms with van der Waals surface area (Å²) in [5, 5.41) is 5.01. The summed E-state index contributed by atoms with van der Waals surface area (Å²) in [6.07, 6.45) is 2.89. The molecule has 78 valence electrons. The smallest absolute Gasteiger partial charge is 0.377 e. The Kier molecular flexibility index (Phi) is 2.34. The number of methoxy groups -OCH3 is 1. The zero-order chi connectivity index (χ0) is 10.8. The van der Waals surface area contributed by atoms with Crippen molar-refractivity contribution in [3.8, 4) is 5.13 Å². The fraction of sp³-hybridized carbons (Fsp3) is 0.143. The van der Waals surface area contributed by atoms with Crippen LogP contribution in [0.2, 0.25) is 0 Å². The number of nitrogen functional groups attached to an aromatic ring is 1. The van der Waals surface area contributed by atoms with Crippen molar-refractivity contribution < 1.29 is 9.53 Å². The lowest BCUT2D eigenvalue weighted by molar-refractivity contribution is 0.0587. The minimum atomic E-state index is -0.585. The average Bonchev–Trinajstić information content (AvgIpc) is 2.84. The molecule has 2 N–H and O–H groups in total. The standard InChI is InChI=1S/C7H7N5O2S/c1-14-6(13)5-10-3-12(11-5)7-9-2-4(8)15-7/h2-3H,8H2,1H3. The van der Waals surface area contributed by atoms with Gasteiger partial charge in [0, 0.05) is 0 Å². The number of anilines is 1. The molecule has 0 unspecified atom stereocenters. The second kappa shape index (κ2) is 3.65. The first-order valence-electron chi connectivity index (χ1n) is 3.92. The summed E-state index contributed by atoms with van der Waals surface area (Å²) in [6.45, 7) is 0. The van der Waals surface area contributed by atoms with E-state index in [9.17, 15) is 4.79 Å². The number of ether oxygens (including phenoxy) is 1. The van der Waals surface area contributed by atoms with Crippen LogP contribution >= 0.6 is 11.3 Å². The monoisotopic (exact) mass is 225 g/mol. The first-order valence-corrected chi connectivity index (χ1v) is 4.74. The maximum atomic E-state index is 11.1. The van der Waals surface area contributed by atoms with Gasteiger partial charge in [0.05, 0.1) is 13.3 Å². The summed E-state index contributed by atoms with van der Waals surface area (Å²) in [6, 6.07) is 0. The zero-order valence-corrected chi connectivity index (χ0v) is 8.56. The molecule has 0 saturated heterocycles. The Labute approximate surface area is 88.5 Å². The molecule has 0 spiro atoms. The van der Waals surface area contributed by atoms with Crippen molar-refractivity contribution in [2.45, 2.75) is 0 Å². The topological polar surface area (TPSA) is 95.9 Å². The highest BCUT2D eigenvalue weighted by molar-refractivity contribution is 7.17. The van der Waals surface area contributed by atoms with E-state index in [-0.39, 0.29) is 5.82 Å². The molecule has 2 aromatic heterocycles. The van der Waals surface area contributed by atoms with E-state index < -0.39 is 5.97 Å². The van der Waals surface area contributed by atoms with E-state index in [0.29, 0.717) is 10.1 Å². The van der Waals surface area contributed by atoms with Crippen LogP contribution in [-0.2, 0) is 4.74 Å². The summed E-state index contributed by atoms with van der Waals surface area (Å²) >= 11 is 1.25. The van der Waals surface area contributed by atoms with Crippen LogP contribution in [0.3, 0.4) is 0 Å². The zero-order valence-electron chi connectivity index (χ0n) is 7.75. The van der Waals surface area contributed by atoms with Gasteiger partial charge in [0.25, 0.3) is 5.82 Å². The highest BCUT2D eigenvalue weighted by atomic mass is 32.1. The SMILES string of the molecule is COC(=O)c1ncn(-c2ncc(N)s2)n1. The van der Waals surface area contributed by atoms with Gasteiger partial charge in [-0.25, -0.2) is 14.8 Å². The number of nitrogens with zero attached hydrogens (tertiary/aromatic N) is 4. The number of rotatable bonds is 2. The van der Waals surface area contributed by atoms with E-state index in [4.69, 9.17) is 5.73 Å². The number of nitrogens with two attached hydrogens (primary N) is 1. The molecule has 0 radical (unpaired) electrons. The van der Waals surface area contributed by atoms with Gasteiger partial charge in [0.2, 0.25) is 5.13 Å². The van der Waals surface area contributed by atoms with E-state index in [0.717, 1.165) is 0 Å².